The molecule has 27 heavy (non-hydrogen) atoms. The summed E-state index contributed by atoms with van der Waals surface area (Å²) < 4.78 is 0. The average Bonchev–Trinajstić information content (AvgIpc) is 3.19. The van der Waals surface area contributed by atoms with Crippen molar-refractivity contribution in [2.24, 2.45) is 11.8 Å². The van der Waals surface area contributed by atoms with Gasteiger partial charge in [0.25, 0.3) is 11.6 Å². The minimum Gasteiger partial charge on any atom is -0.480 e. The molecule has 3 unspecified atom stereocenters. The fourth-order valence-electron chi connectivity index (χ4n) is 4.11. The van der Waals surface area contributed by atoms with E-state index < -0.39 is 41.0 Å². The van der Waals surface area contributed by atoms with E-state index in [1.807, 2.05) is 0 Å². The van der Waals surface area contributed by atoms with Crippen molar-refractivity contribution in [3.05, 3.63) is 38.9 Å². The average molecular weight is 396 g/mol. The van der Waals surface area contributed by atoms with Crippen LogP contribution in [0.5, 0.6) is 0 Å². The van der Waals surface area contributed by atoms with Crippen LogP contribution in [0.3, 0.4) is 0 Å². The van der Waals surface area contributed by atoms with E-state index >= 15 is 0 Å². The molecule has 1 aliphatic carbocycles. The number of aliphatic carboxylic acids is 1. The molecule has 144 valence electrons. The SMILES string of the molecule is O=C(NCC(=O)N1CC2CCCC2C1C(=O)O)c1c(Cl)cccc1[N+](=O)[O-]. The molecule has 10 heteroatoms. The molecule has 1 aromatic rings. The van der Waals surface area contributed by atoms with E-state index in [-0.39, 0.29) is 22.4 Å². The van der Waals surface area contributed by atoms with E-state index in [1.54, 1.807) is 0 Å². The number of amides is 2. The molecule has 3 rings (SSSR count). The molecule has 0 radical (unpaired) electrons. The summed E-state index contributed by atoms with van der Waals surface area (Å²) in [6, 6.07) is 2.94. The number of hydrogen-bond acceptors (Lipinski definition) is 5. The first-order valence-corrected chi connectivity index (χ1v) is 8.92. The second kappa shape index (κ2) is 7.51. The number of carboxylic acids is 1. The van der Waals surface area contributed by atoms with Crippen molar-refractivity contribution in [1.29, 1.82) is 0 Å². The Hall–Kier alpha value is -2.68. The maximum absolute atomic E-state index is 12.5. The summed E-state index contributed by atoms with van der Waals surface area (Å²) in [5.41, 5.74) is -0.795. The number of likely N-dealkylation sites (tertiary alicyclic amines) is 1. The first-order valence-electron chi connectivity index (χ1n) is 8.54. The molecule has 2 fully saturated rings. The molecule has 2 aliphatic rings. The number of halogens is 1. The van der Waals surface area contributed by atoms with Gasteiger partial charge in [0.05, 0.1) is 16.5 Å². The Labute approximate surface area is 159 Å². The summed E-state index contributed by atoms with van der Waals surface area (Å²) in [7, 11) is 0. The molecular weight excluding hydrogens is 378 g/mol. The van der Waals surface area contributed by atoms with Gasteiger partial charge in [-0.05, 0) is 30.7 Å². The van der Waals surface area contributed by atoms with E-state index in [4.69, 9.17) is 11.6 Å². The zero-order valence-electron chi connectivity index (χ0n) is 14.3. The van der Waals surface area contributed by atoms with Crippen LogP contribution in [0.1, 0.15) is 29.6 Å². The van der Waals surface area contributed by atoms with Crippen LogP contribution in [0.15, 0.2) is 18.2 Å². The van der Waals surface area contributed by atoms with Crippen LogP contribution in [0.4, 0.5) is 5.69 Å². The van der Waals surface area contributed by atoms with E-state index in [9.17, 15) is 29.6 Å². The quantitative estimate of drug-likeness (QED) is 0.576. The molecular formula is C17H18ClN3O6. The third kappa shape index (κ3) is 3.59. The van der Waals surface area contributed by atoms with E-state index in [0.717, 1.165) is 25.3 Å². The number of nitrogens with one attached hydrogen (secondary N) is 1. The summed E-state index contributed by atoms with van der Waals surface area (Å²) in [6.07, 6.45) is 2.61. The van der Waals surface area contributed by atoms with E-state index in [2.05, 4.69) is 5.32 Å². The van der Waals surface area contributed by atoms with Crippen molar-refractivity contribution in [1.82, 2.24) is 10.2 Å². The van der Waals surface area contributed by atoms with Gasteiger partial charge < -0.3 is 15.3 Å². The van der Waals surface area contributed by atoms with Crippen molar-refractivity contribution in [2.45, 2.75) is 25.3 Å². The molecule has 1 heterocycles. The number of nitrogens with zero attached hydrogens (tertiary/aromatic N) is 2. The number of fused-ring (bicyclic) bond motifs is 1. The summed E-state index contributed by atoms with van der Waals surface area (Å²) in [5.74, 6) is -2.33. The van der Waals surface area contributed by atoms with Gasteiger partial charge in [-0.15, -0.1) is 0 Å². The molecule has 1 aromatic carbocycles. The van der Waals surface area contributed by atoms with Crippen LogP contribution in [-0.2, 0) is 9.59 Å². The van der Waals surface area contributed by atoms with Crippen LogP contribution in [0.2, 0.25) is 5.02 Å². The van der Waals surface area contributed by atoms with E-state index in [0.29, 0.717) is 6.54 Å². The highest BCUT2D eigenvalue weighted by molar-refractivity contribution is 6.34. The van der Waals surface area contributed by atoms with Crippen LogP contribution < -0.4 is 5.32 Å². The Morgan fingerprint density at radius 3 is 2.74 bits per heavy atom. The van der Waals surface area contributed by atoms with Gasteiger partial charge in [-0.1, -0.05) is 24.1 Å². The number of hydrogen-bond donors (Lipinski definition) is 2. The van der Waals surface area contributed by atoms with Crippen LogP contribution in [0.25, 0.3) is 0 Å². The number of carbonyl (C=O) groups excluding carboxylic acids is 2. The van der Waals surface area contributed by atoms with Gasteiger partial charge in [-0.3, -0.25) is 19.7 Å². The number of carboxylic acid groups (broad SMARTS) is 1. The highest BCUT2D eigenvalue weighted by Crippen LogP contribution is 2.42. The minimum atomic E-state index is -1.05. The first kappa shape index (κ1) is 19.1. The van der Waals surface area contributed by atoms with Gasteiger partial charge in [0.15, 0.2) is 0 Å². The molecule has 2 N–H and O–H groups in total. The van der Waals surface area contributed by atoms with Crippen molar-refractivity contribution < 1.29 is 24.4 Å². The van der Waals surface area contributed by atoms with Gasteiger partial charge >= 0.3 is 5.97 Å². The maximum atomic E-state index is 12.5. The van der Waals surface area contributed by atoms with Crippen LogP contribution >= 0.6 is 11.6 Å². The van der Waals surface area contributed by atoms with Gasteiger partial charge in [0.2, 0.25) is 5.91 Å². The zero-order chi connectivity index (χ0) is 19.7. The summed E-state index contributed by atoms with van der Waals surface area (Å²) in [4.78, 5) is 48.1. The second-order valence-electron chi connectivity index (χ2n) is 6.76. The Morgan fingerprint density at radius 2 is 2.07 bits per heavy atom. The fourth-order valence-corrected chi connectivity index (χ4v) is 4.37. The molecule has 1 aliphatic heterocycles. The third-order valence-corrected chi connectivity index (χ3v) is 5.59. The first-order chi connectivity index (χ1) is 12.8. The number of carbonyl (C=O) groups is 3. The molecule has 1 saturated heterocycles. The van der Waals surface area contributed by atoms with Crippen molar-refractivity contribution in [2.75, 3.05) is 13.1 Å². The predicted octanol–water partition coefficient (Wildman–Crippen LogP) is 1.69. The van der Waals surface area contributed by atoms with Crippen LogP contribution in [-0.4, -0.2) is 51.8 Å². The lowest BCUT2D eigenvalue weighted by atomic mass is 9.94. The van der Waals surface area contributed by atoms with Gasteiger partial charge in [0.1, 0.15) is 11.6 Å². The fraction of sp³-hybridized carbons (Fsp3) is 0.471. The van der Waals surface area contributed by atoms with Gasteiger partial charge in [-0.25, -0.2) is 4.79 Å². The molecule has 1 saturated carbocycles. The molecule has 0 spiro atoms. The van der Waals surface area contributed by atoms with Gasteiger partial charge in [0, 0.05) is 12.6 Å². The summed E-state index contributed by atoms with van der Waals surface area (Å²) in [5, 5.41) is 22.8. The molecule has 9 nitrogen and oxygen atoms in total. The Kier molecular flexibility index (Phi) is 5.31. The summed E-state index contributed by atoms with van der Waals surface area (Å²) >= 11 is 5.90. The predicted molar refractivity (Wildman–Crippen MR) is 94.4 cm³/mol. The number of nitro benzene ring substituents is 1. The van der Waals surface area contributed by atoms with Crippen molar-refractivity contribution in [3.8, 4) is 0 Å². The topological polar surface area (TPSA) is 130 Å². The Balaban J connectivity index is 1.70. The molecule has 3 atom stereocenters. The molecule has 2 amide bonds. The van der Waals surface area contributed by atoms with Crippen molar-refractivity contribution in [3.63, 3.8) is 0 Å². The number of benzene rings is 1. The third-order valence-electron chi connectivity index (χ3n) is 5.28. The molecule has 0 aromatic heterocycles. The smallest absolute Gasteiger partial charge is 0.326 e. The highest BCUT2D eigenvalue weighted by Gasteiger charge is 2.49. The zero-order valence-corrected chi connectivity index (χ0v) is 15.0. The lowest BCUT2D eigenvalue weighted by Gasteiger charge is -2.24. The molecule has 0 bridgehead atoms. The lowest BCUT2D eigenvalue weighted by molar-refractivity contribution is -0.385. The monoisotopic (exact) mass is 395 g/mol. The Bertz CT molecular complexity index is 814. The Morgan fingerprint density at radius 1 is 1.33 bits per heavy atom. The standard InChI is InChI=1S/C17H18ClN3O6/c18-11-5-2-6-12(21(26)27)14(11)16(23)19-7-13(22)20-8-9-3-1-4-10(9)15(20)17(24)25/h2,5-6,9-10,15H,1,3-4,7-8H2,(H,19,23)(H,24,25). The minimum absolute atomic E-state index is 0.0631. The number of rotatable bonds is 5. The van der Waals surface area contributed by atoms with E-state index in [1.165, 1.54) is 17.0 Å². The maximum Gasteiger partial charge on any atom is 0.326 e. The van der Waals surface area contributed by atoms with Crippen LogP contribution in [0, 0.1) is 22.0 Å². The largest absolute Gasteiger partial charge is 0.480 e. The normalized spacial score (nSPS) is 23.7. The van der Waals surface area contributed by atoms with Crippen molar-refractivity contribution >= 4 is 35.1 Å². The highest BCUT2D eigenvalue weighted by atomic mass is 35.5. The number of nitro groups is 1. The lowest BCUT2D eigenvalue weighted by Crippen LogP contribution is -2.47. The van der Waals surface area contributed by atoms with Gasteiger partial charge in [-0.2, -0.15) is 0 Å². The summed E-state index contributed by atoms with van der Waals surface area (Å²) in [6.45, 7) is -0.104. The second-order valence-corrected chi connectivity index (χ2v) is 7.16.